The van der Waals surface area contributed by atoms with Gasteiger partial charge in [0.15, 0.2) is 8.46 Å². The van der Waals surface area contributed by atoms with Crippen LogP contribution in [0.2, 0.25) is 0 Å². The lowest BCUT2D eigenvalue weighted by Crippen LogP contribution is -2.20. The molecular formula is C16H26N3OP. The Balaban J connectivity index is 0.000000216. The van der Waals surface area contributed by atoms with Crippen LogP contribution in [0.5, 0.6) is 0 Å². The van der Waals surface area contributed by atoms with E-state index >= 15 is 0 Å². The van der Waals surface area contributed by atoms with Crippen LogP contribution in [-0.4, -0.2) is 21.6 Å². The Morgan fingerprint density at radius 3 is 2.10 bits per heavy atom. The van der Waals surface area contributed by atoms with E-state index in [9.17, 15) is 4.57 Å². The number of hydrogen-bond acceptors (Lipinski definition) is 3. The number of benzene rings is 1. The van der Waals surface area contributed by atoms with E-state index in [0.717, 1.165) is 17.2 Å². The van der Waals surface area contributed by atoms with E-state index in [0.29, 0.717) is 13.9 Å². The van der Waals surface area contributed by atoms with E-state index in [1.54, 1.807) is 0 Å². The van der Waals surface area contributed by atoms with Gasteiger partial charge in [-0.2, -0.15) is 15.4 Å². The third-order valence-electron chi connectivity index (χ3n) is 4.18. The van der Waals surface area contributed by atoms with Crippen LogP contribution >= 0.6 is 8.46 Å². The summed E-state index contributed by atoms with van der Waals surface area (Å²) in [6.07, 6.45) is 6.94. The molecule has 1 heterocycles. The van der Waals surface area contributed by atoms with Gasteiger partial charge < -0.3 is 0 Å². The highest BCUT2D eigenvalue weighted by atomic mass is 31.1. The van der Waals surface area contributed by atoms with Gasteiger partial charge in [-0.05, 0) is 36.8 Å². The van der Waals surface area contributed by atoms with Gasteiger partial charge in [-0.3, -0.25) is 4.57 Å². The molecule has 0 aliphatic carbocycles. The number of nitrogens with one attached hydrogen (secondary N) is 1. The molecule has 1 aromatic heterocycles. The number of H-pyrrole nitrogens is 1. The molecule has 0 unspecified atom stereocenters. The molecule has 1 N–H and O–H groups in total. The molecule has 0 spiro atoms. The molecule has 0 fully saturated rings. The fraction of sp³-hybridized carbons (Fsp3) is 0.625. The molecule has 4 nitrogen and oxygen atoms in total. The Morgan fingerprint density at radius 2 is 1.67 bits per heavy atom. The standard InChI is InChI=1S/C10H21OP.C6H5N3/c1-4-7-8-10(5-2,6-3)9-12-11;1-2-4-6-5(3-1)7-9-8-6/h4-9H2,1-3H3;1-4H,(H,7,8,9). The summed E-state index contributed by atoms with van der Waals surface area (Å²) in [5.41, 5.74) is 2.19. The molecular weight excluding hydrogens is 281 g/mol. The monoisotopic (exact) mass is 307 g/mol. The molecule has 2 rings (SSSR count). The van der Waals surface area contributed by atoms with Crippen molar-refractivity contribution < 1.29 is 4.57 Å². The minimum atomic E-state index is 0.321. The highest BCUT2D eigenvalue weighted by molar-refractivity contribution is 7.23. The van der Waals surface area contributed by atoms with Crippen LogP contribution < -0.4 is 0 Å². The fourth-order valence-electron chi connectivity index (χ4n) is 2.38. The lowest BCUT2D eigenvalue weighted by molar-refractivity contribution is 0.270. The second-order valence-electron chi connectivity index (χ2n) is 5.41. The lowest BCUT2D eigenvalue weighted by Gasteiger charge is -2.28. The van der Waals surface area contributed by atoms with Crippen LogP contribution in [0.1, 0.15) is 52.9 Å². The topological polar surface area (TPSA) is 58.6 Å². The molecule has 0 saturated carbocycles. The molecule has 0 amide bonds. The Bertz CT molecular complexity index is 493. The second-order valence-corrected chi connectivity index (χ2v) is 5.98. The molecule has 0 saturated heterocycles. The molecule has 0 radical (unpaired) electrons. The molecule has 0 aliphatic rings. The van der Waals surface area contributed by atoms with Crippen molar-refractivity contribution >= 4 is 19.5 Å². The fourth-order valence-corrected chi connectivity index (χ4v) is 3.26. The van der Waals surface area contributed by atoms with Crippen LogP contribution in [0.3, 0.4) is 0 Å². The number of hydrogen-bond donors (Lipinski definition) is 1. The van der Waals surface area contributed by atoms with Gasteiger partial charge in [-0.1, -0.05) is 45.7 Å². The summed E-state index contributed by atoms with van der Waals surface area (Å²) in [5.74, 6) is 0. The molecule has 21 heavy (non-hydrogen) atoms. The van der Waals surface area contributed by atoms with Gasteiger partial charge in [0.25, 0.3) is 0 Å². The molecule has 0 aliphatic heterocycles. The van der Waals surface area contributed by atoms with Gasteiger partial charge in [0.1, 0.15) is 11.0 Å². The maximum atomic E-state index is 10.6. The maximum absolute atomic E-state index is 10.6. The van der Waals surface area contributed by atoms with Gasteiger partial charge >= 0.3 is 0 Å². The Kier molecular flexibility index (Phi) is 8.14. The first-order valence-electron chi connectivity index (χ1n) is 7.76. The zero-order valence-corrected chi connectivity index (χ0v) is 14.2. The van der Waals surface area contributed by atoms with Crippen molar-refractivity contribution in [3.63, 3.8) is 0 Å². The highest BCUT2D eigenvalue weighted by Crippen LogP contribution is 2.35. The van der Waals surface area contributed by atoms with Crippen LogP contribution in [0.25, 0.3) is 11.0 Å². The van der Waals surface area contributed by atoms with E-state index in [4.69, 9.17) is 0 Å². The number of fused-ring (bicyclic) bond motifs is 1. The van der Waals surface area contributed by atoms with Gasteiger partial charge in [0, 0.05) is 6.16 Å². The van der Waals surface area contributed by atoms with Gasteiger partial charge in [0.2, 0.25) is 0 Å². The molecule has 0 atom stereocenters. The van der Waals surface area contributed by atoms with Gasteiger partial charge in [-0.25, -0.2) is 0 Å². The number of para-hydroxylation sites is 2. The maximum Gasteiger partial charge on any atom is 0.155 e. The SMILES string of the molecule is CCCCC(CC)(CC)CP=O.c1ccc2n[nH]nc2c1. The van der Waals surface area contributed by atoms with Crippen molar-refractivity contribution in [2.75, 3.05) is 6.16 Å². The van der Waals surface area contributed by atoms with Crippen molar-refractivity contribution in [2.45, 2.75) is 52.9 Å². The van der Waals surface area contributed by atoms with E-state index in [1.165, 1.54) is 32.1 Å². The normalized spacial score (nSPS) is 11.4. The molecule has 0 bridgehead atoms. The molecule has 5 heteroatoms. The van der Waals surface area contributed by atoms with Gasteiger partial charge in [0.05, 0.1) is 0 Å². The van der Waals surface area contributed by atoms with E-state index in [1.807, 2.05) is 24.3 Å². The zero-order chi connectivity index (χ0) is 15.6. The van der Waals surface area contributed by atoms with Crippen molar-refractivity contribution in [2.24, 2.45) is 5.41 Å². The van der Waals surface area contributed by atoms with E-state index in [-0.39, 0.29) is 0 Å². The molecule has 2 aromatic rings. The van der Waals surface area contributed by atoms with Crippen LogP contribution in [0.15, 0.2) is 24.3 Å². The predicted molar refractivity (Wildman–Crippen MR) is 88.9 cm³/mol. The highest BCUT2D eigenvalue weighted by Gasteiger charge is 2.24. The summed E-state index contributed by atoms with van der Waals surface area (Å²) < 4.78 is 10.6. The first kappa shape index (κ1) is 17.8. The summed E-state index contributed by atoms with van der Waals surface area (Å²) >= 11 is 0. The average Bonchev–Trinajstić information content (AvgIpc) is 3.01. The quantitative estimate of drug-likeness (QED) is 0.712. The number of aromatic nitrogens is 3. The number of unbranched alkanes of at least 4 members (excludes halogenated alkanes) is 1. The van der Waals surface area contributed by atoms with Crippen molar-refractivity contribution in [3.8, 4) is 0 Å². The van der Waals surface area contributed by atoms with E-state index < -0.39 is 0 Å². The number of aromatic amines is 1. The largest absolute Gasteiger partial charge is 0.275 e. The summed E-state index contributed by atoms with van der Waals surface area (Å²) in [7, 11) is 0.321. The van der Waals surface area contributed by atoms with Crippen LogP contribution in [0, 0.1) is 5.41 Å². The minimum Gasteiger partial charge on any atom is -0.275 e. The number of rotatable bonds is 7. The summed E-state index contributed by atoms with van der Waals surface area (Å²) in [6, 6.07) is 7.70. The van der Waals surface area contributed by atoms with Crippen LogP contribution in [-0.2, 0) is 4.57 Å². The zero-order valence-electron chi connectivity index (χ0n) is 13.3. The Morgan fingerprint density at radius 1 is 1.10 bits per heavy atom. The van der Waals surface area contributed by atoms with Crippen molar-refractivity contribution in [1.82, 2.24) is 15.4 Å². The smallest absolute Gasteiger partial charge is 0.155 e. The average molecular weight is 307 g/mol. The van der Waals surface area contributed by atoms with Crippen LogP contribution in [0.4, 0.5) is 0 Å². The van der Waals surface area contributed by atoms with Crippen molar-refractivity contribution in [1.29, 1.82) is 0 Å². The predicted octanol–water partition coefficient (Wildman–Crippen LogP) is 5.23. The third kappa shape index (κ3) is 5.55. The lowest BCUT2D eigenvalue weighted by atomic mass is 9.80. The summed E-state index contributed by atoms with van der Waals surface area (Å²) in [5, 5.41) is 10.3. The van der Waals surface area contributed by atoms with Crippen molar-refractivity contribution in [3.05, 3.63) is 24.3 Å². The first-order valence-corrected chi connectivity index (χ1v) is 8.75. The summed E-state index contributed by atoms with van der Waals surface area (Å²) in [4.78, 5) is 0. The molecule has 1 aromatic carbocycles. The molecule has 116 valence electrons. The van der Waals surface area contributed by atoms with Gasteiger partial charge in [-0.15, -0.1) is 0 Å². The first-order chi connectivity index (χ1) is 10.2. The minimum absolute atomic E-state index is 0.321. The number of nitrogens with zero attached hydrogens (tertiary/aromatic N) is 2. The third-order valence-corrected chi connectivity index (χ3v) is 4.98. The van der Waals surface area contributed by atoms with E-state index in [2.05, 4.69) is 36.2 Å². The summed E-state index contributed by atoms with van der Waals surface area (Å²) in [6.45, 7) is 6.64. The second kappa shape index (κ2) is 9.62. The Labute approximate surface area is 128 Å². The Hall–Kier alpha value is -1.28.